The van der Waals surface area contributed by atoms with Gasteiger partial charge in [0, 0.05) is 56.6 Å². The lowest BCUT2D eigenvalue weighted by molar-refractivity contribution is 0.0160. The Kier molecular flexibility index (Phi) is 5.23. The molecule has 0 aromatic heterocycles. The second-order valence-corrected chi connectivity index (χ2v) is 8.33. The van der Waals surface area contributed by atoms with Crippen molar-refractivity contribution >= 4 is 11.8 Å². The van der Waals surface area contributed by atoms with Gasteiger partial charge in [0.2, 0.25) is 0 Å². The Labute approximate surface area is 173 Å². The Bertz CT molecular complexity index is 989. The number of rotatable bonds is 4. The number of benzene rings is 2. The van der Waals surface area contributed by atoms with Gasteiger partial charge < -0.3 is 10.3 Å². The molecular formula is C25H30N4. The normalized spacial score (nSPS) is 25.1. The fourth-order valence-corrected chi connectivity index (χ4v) is 4.98. The van der Waals surface area contributed by atoms with E-state index in [1.807, 2.05) is 0 Å². The van der Waals surface area contributed by atoms with Crippen LogP contribution in [0.3, 0.4) is 0 Å². The Morgan fingerprint density at radius 2 is 1.69 bits per heavy atom. The van der Waals surface area contributed by atoms with E-state index >= 15 is 0 Å². The van der Waals surface area contributed by atoms with Crippen molar-refractivity contribution in [3.8, 4) is 0 Å². The minimum absolute atomic E-state index is 0.372. The first-order valence-electron chi connectivity index (χ1n) is 10.8. The van der Waals surface area contributed by atoms with Crippen molar-refractivity contribution in [3.05, 3.63) is 82.8 Å². The highest BCUT2D eigenvalue weighted by Crippen LogP contribution is 2.29. The average Bonchev–Trinajstić information content (AvgIpc) is 2.99. The lowest BCUT2D eigenvalue weighted by Gasteiger charge is -2.41. The van der Waals surface area contributed by atoms with Gasteiger partial charge in [-0.1, -0.05) is 72.8 Å². The summed E-state index contributed by atoms with van der Waals surface area (Å²) >= 11 is 0. The number of nitrogens with zero attached hydrogens (tertiary/aromatic N) is 3. The molecule has 2 aromatic carbocycles. The summed E-state index contributed by atoms with van der Waals surface area (Å²) in [5.41, 5.74) is 6.46. The number of hydrogen-bond donors (Lipinski definition) is 1. The highest BCUT2D eigenvalue weighted by Gasteiger charge is 2.39. The largest absolute Gasteiger partial charge is 0.320 e. The zero-order valence-corrected chi connectivity index (χ0v) is 17.2. The third-order valence-electron chi connectivity index (χ3n) is 6.53. The summed E-state index contributed by atoms with van der Waals surface area (Å²) in [4.78, 5) is 5.27. The molecule has 2 heterocycles. The summed E-state index contributed by atoms with van der Waals surface area (Å²) < 4.78 is 0. The number of fused-ring (bicyclic) bond motifs is 2. The van der Waals surface area contributed by atoms with E-state index in [0.717, 1.165) is 39.1 Å². The second-order valence-electron chi connectivity index (χ2n) is 8.33. The van der Waals surface area contributed by atoms with Crippen LogP contribution >= 0.6 is 0 Å². The molecule has 3 aliphatic rings. The summed E-state index contributed by atoms with van der Waals surface area (Å²) in [6.45, 7) is 5.68. The van der Waals surface area contributed by atoms with Gasteiger partial charge in [0.15, 0.2) is 0 Å². The van der Waals surface area contributed by atoms with Crippen molar-refractivity contribution < 1.29 is 0 Å². The van der Waals surface area contributed by atoms with E-state index in [1.165, 1.54) is 21.7 Å². The standard InChI is InChI=1S/C25H30N4/c1-27-25(23-13-7-11-21-10-5-6-12-22(21)24(23)26-27)29-18-16-28(17-19-29)15-14-20-8-3-2-4-9-20/h2-13,23,25-26H,14-19H2,1H3. The van der Waals surface area contributed by atoms with Crippen molar-refractivity contribution in [2.24, 2.45) is 5.92 Å². The molecule has 29 heavy (non-hydrogen) atoms. The minimum Gasteiger partial charge on any atom is -0.320 e. The number of nitrogens with one attached hydrogen (secondary N) is 1. The monoisotopic (exact) mass is 386 g/mol. The number of allylic oxidation sites excluding steroid dienone is 1. The molecular weight excluding hydrogens is 356 g/mol. The van der Waals surface area contributed by atoms with Crippen LogP contribution in [-0.2, 0) is 6.42 Å². The van der Waals surface area contributed by atoms with Crippen LogP contribution < -0.4 is 15.9 Å². The Balaban J connectivity index is 1.27. The summed E-state index contributed by atoms with van der Waals surface area (Å²) in [6.07, 6.45) is 8.36. The number of hydrazine groups is 1. The minimum atomic E-state index is 0.372. The molecule has 5 rings (SSSR count). The predicted molar refractivity (Wildman–Crippen MR) is 119 cm³/mol. The van der Waals surface area contributed by atoms with Crippen molar-refractivity contribution in [3.63, 3.8) is 0 Å². The first kappa shape index (κ1) is 18.6. The Morgan fingerprint density at radius 1 is 0.931 bits per heavy atom. The van der Waals surface area contributed by atoms with Crippen LogP contribution in [0.2, 0.25) is 0 Å². The Hall–Kier alpha value is -2.40. The lowest BCUT2D eigenvalue weighted by Crippen LogP contribution is -2.56. The first-order chi connectivity index (χ1) is 14.3. The molecule has 2 saturated heterocycles. The summed E-state index contributed by atoms with van der Waals surface area (Å²) in [6, 6.07) is 19.6. The van der Waals surface area contributed by atoms with E-state index in [-0.39, 0.29) is 0 Å². The summed E-state index contributed by atoms with van der Waals surface area (Å²) in [5, 5.41) is 4.94. The van der Waals surface area contributed by atoms with E-state index in [9.17, 15) is 0 Å². The molecule has 2 fully saturated rings. The molecule has 150 valence electrons. The third kappa shape index (κ3) is 3.76. The van der Waals surface area contributed by atoms with E-state index < -0.39 is 0 Å². The van der Waals surface area contributed by atoms with Crippen molar-refractivity contribution in [2.45, 2.75) is 12.6 Å². The van der Waals surface area contributed by atoms with Crippen LogP contribution in [0.15, 0.2) is 66.7 Å². The van der Waals surface area contributed by atoms with Gasteiger partial charge >= 0.3 is 0 Å². The maximum Gasteiger partial charge on any atom is 0.0923 e. The van der Waals surface area contributed by atoms with E-state index in [4.69, 9.17) is 0 Å². The second kappa shape index (κ2) is 8.15. The van der Waals surface area contributed by atoms with Crippen LogP contribution in [0.1, 0.15) is 5.56 Å². The van der Waals surface area contributed by atoms with Gasteiger partial charge in [0.05, 0.1) is 6.17 Å². The van der Waals surface area contributed by atoms with Crippen LogP contribution in [0.25, 0.3) is 11.8 Å². The molecule has 2 aromatic rings. The zero-order chi connectivity index (χ0) is 19.6. The third-order valence-corrected chi connectivity index (χ3v) is 6.53. The van der Waals surface area contributed by atoms with Gasteiger partial charge in [0.1, 0.15) is 0 Å². The van der Waals surface area contributed by atoms with Crippen molar-refractivity contribution in [2.75, 3.05) is 39.8 Å². The van der Waals surface area contributed by atoms with Crippen LogP contribution in [0.4, 0.5) is 0 Å². The quantitative estimate of drug-likeness (QED) is 0.857. The molecule has 4 nitrogen and oxygen atoms in total. The molecule has 2 atom stereocenters. The van der Waals surface area contributed by atoms with Crippen molar-refractivity contribution in [1.29, 1.82) is 0 Å². The lowest BCUT2D eigenvalue weighted by atomic mass is 10.00. The fraction of sp³-hybridized carbons (Fsp3) is 0.360. The molecule has 2 aliphatic heterocycles. The number of piperazine rings is 1. The molecule has 0 radical (unpaired) electrons. The summed E-state index contributed by atoms with van der Waals surface area (Å²) in [7, 11) is 2.19. The first-order valence-corrected chi connectivity index (χ1v) is 10.8. The van der Waals surface area contributed by atoms with Gasteiger partial charge in [-0.15, -0.1) is 0 Å². The fourth-order valence-electron chi connectivity index (χ4n) is 4.98. The van der Waals surface area contributed by atoms with E-state index in [2.05, 4.69) is 100 Å². The van der Waals surface area contributed by atoms with Gasteiger partial charge in [0.25, 0.3) is 0 Å². The Morgan fingerprint density at radius 3 is 2.52 bits per heavy atom. The van der Waals surface area contributed by atoms with Crippen LogP contribution in [0, 0.1) is 5.92 Å². The molecule has 0 saturated carbocycles. The summed E-state index contributed by atoms with van der Waals surface area (Å²) in [5.74, 6) is 0.385. The number of hydrogen-bond acceptors (Lipinski definition) is 4. The van der Waals surface area contributed by atoms with Gasteiger partial charge in [-0.05, 0) is 17.2 Å². The SMILES string of the molecule is CN1NC2=c3ccccc3=CC=CC2C1N1CCN(CCc2ccccc2)CC1. The molecule has 0 amide bonds. The smallest absolute Gasteiger partial charge is 0.0923 e. The zero-order valence-electron chi connectivity index (χ0n) is 17.2. The van der Waals surface area contributed by atoms with Gasteiger partial charge in [-0.2, -0.15) is 0 Å². The van der Waals surface area contributed by atoms with Crippen LogP contribution in [0.5, 0.6) is 0 Å². The van der Waals surface area contributed by atoms with Gasteiger partial charge in [-0.3, -0.25) is 4.90 Å². The highest BCUT2D eigenvalue weighted by atomic mass is 15.6. The predicted octanol–water partition coefficient (Wildman–Crippen LogP) is 1.40. The molecule has 4 heteroatoms. The molecule has 1 N–H and O–H groups in total. The van der Waals surface area contributed by atoms with Gasteiger partial charge in [-0.25, -0.2) is 5.01 Å². The molecule has 1 aliphatic carbocycles. The maximum atomic E-state index is 3.68. The average molecular weight is 387 g/mol. The van der Waals surface area contributed by atoms with Crippen molar-refractivity contribution in [1.82, 2.24) is 20.2 Å². The highest BCUT2D eigenvalue weighted by molar-refractivity contribution is 5.57. The van der Waals surface area contributed by atoms with Crippen LogP contribution in [-0.4, -0.2) is 60.7 Å². The topological polar surface area (TPSA) is 21.8 Å². The molecule has 0 bridgehead atoms. The van der Waals surface area contributed by atoms with E-state index in [0.29, 0.717) is 12.1 Å². The molecule has 0 spiro atoms. The molecule has 2 unspecified atom stereocenters. The maximum absolute atomic E-state index is 3.68. The van der Waals surface area contributed by atoms with E-state index in [1.54, 1.807) is 0 Å².